The van der Waals surface area contributed by atoms with Crippen LogP contribution in [0.1, 0.15) is 46.0 Å². The molecule has 2 nitrogen and oxygen atoms in total. The first kappa shape index (κ1) is 14.3. The highest BCUT2D eigenvalue weighted by Gasteiger charge is 2.18. The number of rotatable bonds is 7. The maximum Gasteiger partial charge on any atom is 0.0290 e. The van der Waals surface area contributed by atoms with Gasteiger partial charge in [-0.05, 0) is 51.8 Å². The van der Waals surface area contributed by atoms with Crippen LogP contribution < -0.4 is 5.32 Å². The largest absolute Gasteiger partial charge is 0.385 e. The maximum absolute atomic E-state index is 3.80. The van der Waals surface area contributed by atoms with Crippen molar-refractivity contribution in [1.82, 2.24) is 10.2 Å². The van der Waals surface area contributed by atoms with Gasteiger partial charge in [-0.3, -0.25) is 0 Å². The minimum atomic E-state index is 0.755. The zero-order chi connectivity index (χ0) is 12.5. The van der Waals surface area contributed by atoms with Gasteiger partial charge in [0.2, 0.25) is 0 Å². The van der Waals surface area contributed by atoms with Crippen LogP contribution in [-0.4, -0.2) is 30.6 Å². The normalized spacial score (nSPS) is 20.0. The molecule has 1 fully saturated rings. The van der Waals surface area contributed by atoms with Crippen LogP contribution in [0.25, 0.3) is 0 Å². The molecule has 0 aromatic carbocycles. The van der Waals surface area contributed by atoms with E-state index >= 15 is 0 Å². The fourth-order valence-corrected chi connectivity index (χ4v) is 2.60. The summed E-state index contributed by atoms with van der Waals surface area (Å²) in [5.74, 6) is 0. The van der Waals surface area contributed by atoms with E-state index in [1.807, 2.05) is 13.0 Å². The number of nitrogens with zero attached hydrogens (tertiary/aromatic N) is 1. The summed E-state index contributed by atoms with van der Waals surface area (Å²) in [4.78, 5) is 2.68. The van der Waals surface area contributed by atoms with Gasteiger partial charge in [0.05, 0.1) is 0 Å². The zero-order valence-electron chi connectivity index (χ0n) is 11.5. The first-order valence-corrected chi connectivity index (χ1v) is 7.08. The van der Waals surface area contributed by atoms with Gasteiger partial charge in [-0.15, -0.1) is 0 Å². The Kier molecular flexibility index (Phi) is 7.02. The lowest BCUT2D eigenvalue weighted by atomic mass is 10.0. The van der Waals surface area contributed by atoms with Crippen molar-refractivity contribution in [2.75, 3.05) is 19.6 Å². The van der Waals surface area contributed by atoms with Gasteiger partial charge < -0.3 is 10.2 Å². The number of hydrogen-bond donors (Lipinski definition) is 1. The van der Waals surface area contributed by atoms with Crippen LogP contribution in [0.3, 0.4) is 0 Å². The highest BCUT2D eigenvalue weighted by Crippen LogP contribution is 2.16. The topological polar surface area (TPSA) is 15.3 Å². The Hall–Kier alpha value is -0.760. The summed E-state index contributed by atoms with van der Waals surface area (Å²) in [5.41, 5.74) is 1.15. The predicted molar refractivity (Wildman–Crippen MR) is 76.1 cm³/mol. The number of nitrogens with one attached hydrogen (secondary N) is 1. The molecular formula is C15H28N2. The SMILES string of the molecule is C=C/C(=C/C)NCC[C@H](CC)N1CCCCC1. The van der Waals surface area contributed by atoms with E-state index in [9.17, 15) is 0 Å². The first-order chi connectivity index (χ1) is 8.31. The molecule has 0 amide bonds. The average molecular weight is 236 g/mol. The molecule has 0 aromatic rings. The minimum absolute atomic E-state index is 0.755. The highest BCUT2D eigenvalue weighted by atomic mass is 15.2. The lowest BCUT2D eigenvalue weighted by Gasteiger charge is -2.34. The summed E-state index contributed by atoms with van der Waals surface area (Å²) in [6, 6.07) is 0.755. The number of allylic oxidation sites excluding steroid dienone is 2. The zero-order valence-corrected chi connectivity index (χ0v) is 11.5. The van der Waals surface area contributed by atoms with Crippen LogP contribution in [0.15, 0.2) is 24.4 Å². The molecule has 1 saturated heterocycles. The number of likely N-dealkylation sites (tertiary alicyclic amines) is 1. The molecule has 0 aliphatic carbocycles. The highest BCUT2D eigenvalue weighted by molar-refractivity contribution is 5.12. The van der Waals surface area contributed by atoms with Gasteiger partial charge in [0, 0.05) is 18.3 Å². The third-order valence-electron chi connectivity index (χ3n) is 3.72. The monoisotopic (exact) mass is 236 g/mol. The van der Waals surface area contributed by atoms with E-state index < -0.39 is 0 Å². The number of hydrogen-bond acceptors (Lipinski definition) is 2. The molecular weight excluding hydrogens is 208 g/mol. The lowest BCUT2D eigenvalue weighted by molar-refractivity contribution is 0.151. The Morgan fingerprint density at radius 3 is 2.59 bits per heavy atom. The van der Waals surface area contributed by atoms with Gasteiger partial charge in [-0.2, -0.15) is 0 Å². The minimum Gasteiger partial charge on any atom is -0.385 e. The standard InChI is InChI=1S/C15H28N2/c1-4-14(5-2)16-11-10-15(6-3)17-12-8-7-9-13-17/h4-5,15-16H,1,6-13H2,2-3H3/b14-5-/t15-/m0/s1. The second-order valence-electron chi connectivity index (χ2n) is 4.82. The molecule has 1 heterocycles. The van der Waals surface area contributed by atoms with Crippen molar-refractivity contribution in [1.29, 1.82) is 0 Å². The molecule has 1 rings (SSSR count). The third kappa shape index (κ3) is 4.95. The van der Waals surface area contributed by atoms with Crippen molar-refractivity contribution in [2.45, 2.75) is 52.0 Å². The summed E-state index contributed by atoms with van der Waals surface area (Å²) in [5, 5.41) is 3.44. The van der Waals surface area contributed by atoms with Gasteiger partial charge in [0.15, 0.2) is 0 Å². The summed E-state index contributed by atoms with van der Waals surface area (Å²) < 4.78 is 0. The fourth-order valence-electron chi connectivity index (χ4n) is 2.60. The van der Waals surface area contributed by atoms with E-state index in [1.54, 1.807) is 0 Å². The van der Waals surface area contributed by atoms with Gasteiger partial charge in [-0.1, -0.05) is 26.0 Å². The quantitative estimate of drug-likeness (QED) is 0.682. The van der Waals surface area contributed by atoms with Crippen LogP contribution in [0.2, 0.25) is 0 Å². The molecule has 1 aliphatic rings. The second-order valence-corrected chi connectivity index (χ2v) is 4.82. The Balaban J connectivity index is 2.28. The Bertz CT molecular complexity index is 239. The van der Waals surface area contributed by atoms with Crippen molar-refractivity contribution >= 4 is 0 Å². The summed E-state index contributed by atoms with van der Waals surface area (Å²) in [6.45, 7) is 11.8. The van der Waals surface area contributed by atoms with Crippen LogP contribution in [-0.2, 0) is 0 Å². The second kappa shape index (κ2) is 8.35. The van der Waals surface area contributed by atoms with E-state index in [4.69, 9.17) is 0 Å². The molecule has 98 valence electrons. The van der Waals surface area contributed by atoms with Gasteiger partial charge in [-0.25, -0.2) is 0 Å². The Morgan fingerprint density at radius 1 is 1.35 bits per heavy atom. The van der Waals surface area contributed by atoms with Crippen molar-refractivity contribution in [3.63, 3.8) is 0 Å². The number of piperidine rings is 1. The van der Waals surface area contributed by atoms with E-state index in [1.165, 1.54) is 45.2 Å². The van der Waals surface area contributed by atoms with E-state index in [2.05, 4.69) is 29.8 Å². The van der Waals surface area contributed by atoms with Crippen molar-refractivity contribution < 1.29 is 0 Å². The molecule has 0 bridgehead atoms. The van der Waals surface area contributed by atoms with Crippen molar-refractivity contribution in [2.24, 2.45) is 0 Å². The molecule has 17 heavy (non-hydrogen) atoms. The van der Waals surface area contributed by atoms with Crippen LogP contribution in [0.5, 0.6) is 0 Å². The third-order valence-corrected chi connectivity index (χ3v) is 3.72. The predicted octanol–water partition coefficient (Wildman–Crippen LogP) is 3.32. The van der Waals surface area contributed by atoms with Gasteiger partial charge >= 0.3 is 0 Å². The van der Waals surface area contributed by atoms with Crippen LogP contribution in [0.4, 0.5) is 0 Å². The van der Waals surface area contributed by atoms with Crippen LogP contribution >= 0.6 is 0 Å². The lowest BCUT2D eigenvalue weighted by Crippen LogP contribution is -2.40. The molecule has 1 aliphatic heterocycles. The summed E-state index contributed by atoms with van der Waals surface area (Å²) in [7, 11) is 0. The molecule has 0 aromatic heterocycles. The first-order valence-electron chi connectivity index (χ1n) is 7.08. The van der Waals surface area contributed by atoms with Crippen molar-refractivity contribution in [3.8, 4) is 0 Å². The van der Waals surface area contributed by atoms with Gasteiger partial charge in [0.25, 0.3) is 0 Å². The Labute approximate surface area is 107 Å². The van der Waals surface area contributed by atoms with E-state index in [0.29, 0.717) is 0 Å². The molecule has 1 N–H and O–H groups in total. The molecule has 0 saturated carbocycles. The molecule has 1 atom stereocenters. The maximum atomic E-state index is 3.80. The molecule has 0 unspecified atom stereocenters. The van der Waals surface area contributed by atoms with Crippen molar-refractivity contribution in [3.05, 3.63) is 24.4 Å². The molecule has 2 heteroatoms. The van der Waals surface area contributed by atoms with E-state index in [0.717, 1.165) is 18.3 Å². The smallest absolute Gasteiger partial charge is 0.0290 e. The molecule has 0 spiro atoms. The average Bonchev–Trinajstić information content (AvgIpc) is 2.40. The Morgan fingerprint density at radius 2 is 2.06 bits per heavy atom. The molecule has 0 radical (unpaired) electrons. The summed E-state index contributed by atoms with van der Waals surface area (Å²) >= 11 is 0. The van der Waals surface area contributed by atoms with Crippen LogP contribution in [0, 0.1) is 0 Å². The van der Waals surface area contributed by atoms with E-state index in [-0.39, 0.29) is 0 Å². The summed E-state index contributed by atoms with van der Waals surface area (Å²) in [6.07, 6.45) is 10.7. The van der Waals surface area contributed by atoms with Gasteiger partial charge in [0.1, 0.15) is 0 Å². The fraction of sp³-hybridized carbons (Fsp3) is 0.733.